The summed E-state index contributed by atoms with van der Waals surface area (Å²) in [6.07, 6.45) is 2.18. The predicted octanol–water partition coefficient (Wildman–Crippen LogP) is 4.57. The van der Waals surface area contributed by atoms with Gasteiger partial charge in [-0.25, -0.2) is 4.98 Å². The zero-order chi connectivity index (χ0) is 15.4. The number of aryl methyl sites for hydroxylation is 2. The van der Waals surface area contributed by atoms with E-state index in [1.165, 1.54) is 4.70 Å². The van der Waals surface area contributed by atoms with Crippen LogP contribution in [-0.4, -0.2) is 10.9 Å². The van der Waals surface area contributed by atoms with Crippen molar-refractivity contribution in [3.63, 3.8) is 0 Å². The maximum atomic E-state index is 12.0. The first-order valence-electron chi connectivity index (χ1n) is 7.42. The molecule has 3 rings (SSSR count). The van der Waals surface area contributed by atoms with Gasteiger partial charge in [-0.15, -0.1) is 11.3 Å². The number of para-hydroxylation sites is 1. The normalized spacial score (nSPS) is 10.8. The summed E-state index contributed by atoms with van der Waals surface area (Å²) in [6, 6.07) is 16.0. The van der Waals surface area contributed by atoms with E-state index >= 15 is 0 Å². The number of benzene rings is 2. The lowest BCUT2D eigenvalue weighted by atomic mass is 10.2. The number of nitrogens with one attached hydrogen (secondary N) is 1. The van der Waals surface area contributed by atoms with Crippen molar-refractivity contribution in [2.75, 3.05) is 5.32 Å². The van der Waals surface area contributed by atoms with Crippen LogP contribution >= 0.6 is 11.3 Å². The van der Waals surface area contributed by atoms with Crippen LogP contribution in [0.1, 0.15) is 23.4 Å². The van der Waals surface area contributed by atoms with Gasteiger partial charge < -0.3 is 5.32 Å². The minimum atomic E-state index is 0.0618. The quantitative estimate of drug-likeness (QED) is 0.750. The van der Waals surface area contributed by atoms with Gasteiger partial charge >= 0.3 is 0 Å². The fraction of sp³-hybridized carbons (Fsp3) is 0.222. The van der Waals surface area contributed by atoms with Crippen LogP contribution in [0, 0.1) is 6.92 Å². The fourth-order valence-electron chi connectivity index (χ4n) is 2.37. The van der Waals surface area contributed by atoms with Crippen molar-refractivity contribution < 1.29 is 4.79 Å². The minimum absolute atomic E-state index is 0.0618. The number of carbonyl (C=O) groups excluding carboxylic acids is 1. The first-order chi connectivity index (χ1) is 10.7. The van der Waals surface area contributed by atoms with E-state index in [1.54, 1.807) is 11.3 Å². The molecular formula is C18H18N2OS. The van der Waals surface area contributed by atoms with Gasteiger partial charge in [-0.3, -0.25) is 4.79 Å². The van der Waals surface area contributed by atoms with Crippen molar-refractivity contribution in [1.29, 1.82) is 0 Å². The summed E-state index contributed by atoms with van der Waals surface area (Å²) in [5, 5.41) is 4.04. The monoisotopic (exact) mass is 310 g/mol. The van der Waals surface area contributed by atoms with E-state index in [4.69, 9.17) is 0 Å². The maximum absolute atomic E-state index is 12.0. The molecule has 0 spiro atoms. The Hall–Kier alpha value is -2.20. The van der Waals surface area contributed by atoms with Crippen LogP contribution in [-0.2, 0) is 11.2 Å². The second kappa shape index (κ2) is 6.71. The van der Waals surface area contributed by atoms with Gasteiger partial charge in [-0.1, -0.05) is 24.3 Å². The average molecular weight is 310 g/mol. The molecule has 112 valence electrons. The summed E-state index contributed by atoms with van der Waals surface area (Å²) >= 11 is 1.71. The molecule has 1 aromatic heterocycles. The summed E-state index contributed by atoms with van der Waals surface area (Å²) in [4.78, 5) is 16.5. The Bertz CT molecular complexity index is 761. The summed E-state index contributed by atoms with van der Waals surface area (Å²) < 4.78 is 1.21. The SMILES string of the molecule is Cc1cccc(NC(=O)CCCc2nc3ccccc3s2)c1. The molecule has 1 amide bonds. The number of thiazole rings is 1. The summed E-state index contributed by atoms with van der Waals surface area (Å²) in [6.45, 7) is 2.02. The van der Waals surface area contributed by atoms with Crippen LogP contribution in [0.15, 0.2) is 48.5 Å². The Kier molecular flexibility index (Phi) is 4.49. The number of aromatic nitrogens is 1. The van der Waals surface area contributed by atoms with Crippen LogP contribution < -0.4 is 5.32 Å². The number of carbonyl (C=O) groups is 1. The van der Waals surface area contributed by atoms with Crippen molar-refractivity contribution in [2.24, 2.45) is 0 Å². The van der Waals surface area contributed by atoms with Crippen molar-refractivity contribution in [3.8, 4) is 0 Å². The molecule has 2 aromatic carbocycles. The highest BCUT2D eigenvalue weighted by Crippen LogP contribution is 2.22. The van der Waals surface area contributed by atoms with Crippen LogP contribution in [0.25, 0.3) is 10.2 Å². The van der Waals surface area contributed by atoms with Crippen LogP contribution in [0.3, 0.4) is 0 Å². The minimum Gasteiger partial charge on any atom is -0.326 e. The molecule has 0 atom stereocenters. The van der Waals surface area contributed by atoms with Gasteiger partial charge in [0.1, 0.15) is 0 Å². The number of hydrogen-bond acceptors (Lipinski definition) is 3. The van der Waals surface area contributed by atoms with E-state index in [-0.39, 0.29) is 5.91 Å². The molecule has 1 heterocycles. The molecule has 0 fully saturated rings. The van der Waals surface area contributed by atoms with Gasteiger partial charge in [0.25, 0.3) is 0 Å². The molecule has 0 aliphatic rings. The Balaban J connectivity index is 1.51. The van der Waals surface area contributed by atoms with E-state index in [2.05, 4.69) is 16.4 Å². The third kappa shape index (κ3) is 3.71. The van der Waals surface area contributed by atoms with E-state index in [0.29, 0.717) is 6.42 Å². The topological polar surface area (TPSA) is 42.0 Å². The highest BCUT2D eigenvalue weighted by Gasteiger charge is 2.06. The summed E-state index contributed by atoms with van der Waals surface area (Å²) in [5.41, 5.74) is 3.06. The number of nitrogens with zero attached hydrogens (tertiary/aromatic N) is 1. The molecule has 0 aliphatic carbocycles. The maximum Gasteiger partial charge on any atom is 0.224 e. The molecule has 4 heteroatoms. The molecule has 0 saturated heterocycles. The third-order valence-corrected chi connectivity index (χ3v) is 4.53. The smallest absolute Gasteiger partial charge is 0.224 e. The zero-order valence-electron chi connectivity index (χ0n) is 12.5. The second-order valence-electron chi connectivity index (χ2n) is 5.35. The van der Waals surface area contributed by atoms with Gasteiger partial charge in [0.15, 0.2) is 0 Å². The Morgan fingerprint density at radius 3 is 2.86 bits per heavy atom. The molecule has 0 unspecified atom stereocenters. The molecule has 1 N–H and O–H groups in total. The zero-order valence-corrected chi connectivity index (χ0v) is 13.3. The van der Waals surface area contributed by atoms with E-state index in [9.17, 15) is 4.79 Å². The third-order valence-electron chi connectivity index (χ3n) is 3.43. The van der Waals surface area contributed by atoms with Gasteiger partial charge in [0, 0.05) is 12.1 Å². The number of anilines is 1. The van der Waals surface area contributed by atoms with Gasteiger partial charge in [0.2, 0.25) is 5.91 Å². The van der Waals surface area contributed by atoms with Crippen LogP contribution in [0.4, 0.5) is 5.69 Å². The molecule has 0 bridgehead atoms. The standard InChI is InChI=1S/C18H18N2OS/c1-13-6-4-7-14(12-13)19-17(21)10-5-11-18-20-15-8-2-3-9-16(15)22-18/h2-4,6-9,12H,5,10-11H2,1H3,(H,19,21). The molecule has 3 nitrogen and oxygen atoms in total. The molecule has 0 saturated carbocycles. The molecule has 22 heavy (non-hydrogen) atoms. The van der Waals surface area contributed by atoms with Crippen molar-refractivity contribution in [2.45, 2.75) is 26.2 Å². The van der Waals surface area contributed by atoms with Crippen LogP contribution in [0.5, 0.6) is 0 Å². The first-order valence-corrected chi connectivity index (χ1v) is 8.23. The predicted molar refractivity (Wildman–Crippen MR) is 92.4 cm³/mol. The number of amides is 1. The highest BCUT2D eigenvalue weighted by atomic mass is 32.1. The number of rotatable bonds is 5. The lowest BCUT2D eigenvalue weighted by molar-refractivity contribution is -0.116. The second-order valence-corrected chi connectivity index (χ2v) is 6.46. The number of fused-ring (bicyclic) bond motifs is 1. The Morgan fingerprint density at radius 2 is 2.05 bits per heavy atom. The molecule has 0 radical (unpaired) electrons. The summed E-state index contributed by atoms with van der Waals surface area (Å²) in [7, 11) is 0. The van der Waals surface area contributed by atoms with E-state index < -0.39 is 0 Å². The van der Waals surface area contributed by atoms with Gasteiger partial charge in [-0.05, 0) is 49.6 Å². The van der Waals surface area contributed by atoms with Gasteiger partial charge in [-0.2, -0.15) is 0 Å². The van der Waals surface area contributed by atoms with Crippen molar-refractivity contribution >= 4 is 33.1 Å². The first kappa shape index (κ1) is 14.7. The van der Waals surface area contributed by atoms with Crippen molar-refractivity contribution in [3.05, 3.63) is 59.1 Å². The lowest BCUT2D eigenvalue weighted by Gasteiger charge is -2.05. The van der Waals surface area contributed by atoms with E-state index in [0.717, 1.165) is 34.6 Å². The lowest BCUT2D eigenvalue weighted by Crippen LogP contribution is -2.11. The molecule has 3 aromatic rings. The number of hydrogen-bond donors (Lipinski definition) is 1. The largest absolute Gasteiger partial charge is 0.326 e. The highest BCUT2D eigenvalue weighted by molar-refractivity contribution is 7.18. The van der Waals surface area contributed by atoms with Gasteiger partial charge in [0.05, 0.1) is 15.2 Å². The summed E-state index contributed by atoms with van der Waals surface area (Å²) in [5.74, 6) is 0.0618. The average Bonchev–Trinajstić information content (AvgIpc) is 2.90. The fourth-order valence-corrected chi connectivity index (χ4v) is 3.38. The van der Waals surface area contributed by atoms with E-state index in [1.807, 2.05) is 49.4 Å². The molecular weight excluding hydrogens is 292 g/mol. The Morgan fingerprint density at radius 1 is 1.18 bits per heavy atom. The Labute approximate surface area is 134 Å². The van der Waals surface area contributed by atoms with Crippen molar-refractivity contribution in [1.82, 2.24) is 4.98 Å². The van der Waals surface area contributed by atoms with Crippen LogP contribution in [0.2, 0.25) is 0 Å². The molecule has 0 aliphatic heterocycles.